The molecule has 4 N–H and O–H groups in total. The maximum atomic E-state index is 13.9. The van der Waals surface area contributed by atoms with E-state index in [1.807, 2.05) is 43.6 Å². The largest absolute Gasteiger partial charge is 0.453 e. The van der Waals surface area contributed by atoms with Gasteiger partial charge in [0.25, 0.3) is 0 Å². The minimum Gasteiger partial charge on any atom is -0.453 e. The second-order valence-corrected chi connectivity index (χ2v) is 16.0. The molecule has 14 heteroatoms. The van der Waals surface area contributed by atoms with Crippen LogP contribution in [0.15, 0.2) is 79.1 Å². The van der Waals surface area contributed by atoms with Gasteiger partial charge in [0.05, 0.1) is 41.3 Å². The van der Waals surface area contributed by atoms with Crippen LogP contribution in [0.4, 0.5) is 10.7 Å². The van der Waals surface area contributed by atoms with Gasteiger partial charge in [-0.3, -0.25) is 9.59 Å². The highest BCUT2D eigenvalue weighted by molar-refractivity contribution is 5.88. The van der Waals surface area contributed by atoms with E-state index in [9.17, 15) is 14.4 Å². The fraction of sp³-hybridized carbons (Fsp3) is 0.386. The molecule has 4 atom stereocenters. The second kappa shape index (κ2) is 16.3. The highest BCUT2D eigenvalue weighted by Crippen LogP contribution is 2.36. The summed E-state index contributed by atoms with van der Waals surface area (Å²) in [5.41, 5.74) is 7.72. The average Bonchev–Trinajstić information content (AvgIpc) is 4.07. The summed E-state index contributed by atoms with van der Waals surface area (Å²) in [6, 6.07) is 21.2. The lowest BCUT2D eigenvalue weighted by molar-refractivity contribution is -0.135. The molecule has 3 aromatic carbocycles. The highest BCUT2D eigenvalue weighted by atomic mass is 16.5. The third-order valence-corrected chi connectivity index (χ3v) is 11.4. The van der Waals surface area contributed by atoms with Crippen molar-refractivity contribution in [3.05, 3.63) is 90.8 Å². The Hall–Kier alpha value is -6.31. The number of imidazole rings is 2. The lowest BCUT2D eigenvalue weighted by Gasteiger charge is -2.30. The van der Waals surface area contributed by atoms with Crippen molar-refractivity contribution in [2.45, 2.75) is 77.5 Å². The zero-order valence-electron chi connectivity index (χ0n) is 33.5. The number of alkyl carbamates (subject to hydrolysis) is 1. The summed E-state index contributed by atoms with van der Waals surface area (Å²) in [5.74, 6) is 1.81. The van der Waals surface area contributed by atoms with Gasteiger partial charge in [0.15, 0.2) is 0 Å². The topological polar surface area (TPSA) is 174 Å². The maximum absolute atomic E-state index is 13.9. The van der Waals surface area contributed by atoms with Gasteiger partial charge in [0.1, 0.15) is 23.7 Å². The molecule has 0 radical (unpaired) electrons. The van der Waals surface area contributed by atoms with E-state index < -0.39 is 18.2 Å². The molecule has 0 unspecified atom stereocenters. The Morgan fingerprint density at radius 3 is 1.62 bits per heavy atom. The van der Waals surface area contributed by atoms with E-state index in [0.717, 1.165) is 81.7 Å². The standard InChI is InChI=1S/C44H50N10O4/c1-25(2)37(51-43-45-19-8-20-46-43)41(55)53-21-6-9-35(53)39-47-31-17-15-29(23-33(31)49-39)27-11-13-28(14-12-27)30-16-18-32-34(24-30)50-40(48-32)36-10-7-22-54(36)42(56)38(26(3)4)52-44(57)58-5/h8,11-20,23-26,35-38H,6-7,9-10,21-22H2,1-5H3,(H,47,49)(H,48,50)(H,52,57)(H,45,46,51)/t35-,36-,37-,38-/m0/s1. The Morgan fingerprint density at radius 2 is 1.16 bits per heavy atom. The first-order chi connectivity index (χ1) is 28.1. The second-order valence-electron chi connectivity index (χ2n) is 16.0. The summed E-state index contributed by atoms with van der Waals surface area (Å²) in [6.07, 6.45) is 6.10. The number of anilines is 1. The predicted molar refractivity (Wildman–Crippen MR) is 222 cm³/mol. The van der Waals surface area contributed by atoms with E-state index in [4.69, 9.17) is 14.7 Å². The van der Waals surface area contributed by atoms with Crippen LogP contribution in [0.25, 0.3) is 44.3 Å². The number of methoxy groups -OCH3 is 1. The van der Waals surface area contributed by atoms with Crippen molar-refractivity contribution in [2.24, 2.45) is 11.8 Å². The molecule has 5 heterocycles. The molecule has 14 nitrogen and oxygen atoms in total. The number of H-pyrrole nitrogens is 2. The van der Waals surface area contributed by atoms with Crippen LogP contribution in [-0.2, 0) is 14.3 Å². The number of aromatic amines is 2. The zero-order valence-corrected chi connectivity index (χ0v) is 33.5. The first-order valence-corrected chi connectivity index (χ1v) is 20.2. The van der Waals surface area contributed by atoms with Gasteiger partial charge < -0.3 is 35.1 Å². The van der Waals surface area contributed by atoms with Crippen LogP contribution in [0.2, 0.25) is 0 Å². The lowest BCUT2D eigenvalue weighted by Crippen LogP contribution is -2.51. The Labute approximate surface area is 337 Å². The Bertz CT molecular complexity index is 2430. The quantitative estimate of drug-likeness (QED) is 0.104. The minimum absolute atomic E-state index is 0.0247. The van der Waals surface area contributed by atoms with Crippen molar-refractivity contribution >= 4 is 45.9 Å². The fourth-order valence-corrected chi connectivity index (χ4v) is 8.29. The maximum Gasteiger partial charge on any atom is 0.407 e. The first-order valence-electron chi connectivity index (χ1n) is 20.2. The molecule has 2 aliphatic rings. The first kappa shape index (κ1) is 38.6. The van der Waals surface area contributed by atoms with Crippen LogP contribution < -0.4 is 10.6 Å². The van der Waals surface area contributed by atoms with E-state index in [-0.39, 0.29) is 35.7 Å². The van der Waals surface area contributed by atoms with E-state index in [1.165, 1.54) is 7.11 Å². The van der Waals surface area contributed by atoms with Gasteiger partial charge in [-0.05, 0) is 90.1 Å². The molecule has 6 aromatic rings. The number of carbonyl (C=O) groups is 3. The number of nitrogens with one attached hydrogen (secondary N) is 4. The zero-order chi connectivity index (χ0) is 40.5. The summed E-state index contributed by atoms with van der Waals surface area (Å²) in [5, 5.41) is 5.97. The molecule has 8 rings (SSSR count). The summed E-state index contributed by atoms with van der Waals surface area (Å²) in [7, 11) is 1.30. The van der Waals surface area contributed by atoms with Gasteiger partial charge in [-0.1, -0.05) is 64.1 Å². The van der Waals surface area contributed by atoms with E-state index in [2.05, 4.69) is 85.2 Å². The molecule has 0 bridgehead atoms. The molecule has 2 fully saturated rings. The Morgan fingerprint density at radius 1 is 0.690 bits per heavy atom. The number of hydrogen-bond acceptors (Lipinski definition) is 9. The van der Waals surface area contributed by atoms with Crippen molar-refractivity contribution in [3.8, 4) is 22.3 Å². The molecule has 3 amide bonds. The average molecular weight is 783 g/mol. The molecule has 0 saturated carbocycles. The third kappa shape index (κ3) is 7.70. The Balaban J connectivity index is 0.971. The Kier molecular flexibility index (Phi) is 10.8. The van der Waals surface area contributed by atoms with Crippen molar-refractivity contribution in [1.29, 1.82) is 0 Å². The molecule has 2 aliphatic heterocycles. The molecule has 2 saturated heterocycles. The van der Waals surface area contributed by atoms with Crippen LogP contribution in [0, 0.1) is 11.8 Å². The van der Waals surface area contributed by atoms with Crippen molar-refractivity contribution in [3.63, 3.8) is 0 Å². The number of rotatable bonds is 11. The molecular formula is C44H50N10O4. The summed E-state index contributed by atoms with van der Waals surface area (Å²) >= 11 is 0. The minimum atomic E-state index is -0.687. The number of amides is 3. The molecule has 300 valence electrons. The normalized spacial score (nSPS) is 18.0. The van der Waals surface area contributed by atoms with Gasteiger partial charge in [-0.25, -0.2) is 24.7 Å². The molecule has 58 heavy (non-hydrogen) atoms. The van der Waals surface area contributed by atoms with Crippen molar-refractivity contribution < 1.29 is 19.1 Å². The van der Waals surface area contributed by atoms with E-state index >= 15 is 0 Å². The summed E-state index contributed by atoms with van der Waals surface area (Å²) in [6.45, 7) is 9.15. The lowest BCUT2D eigenvalue weighted by atomic mass is 10.00. The number of benzene rings is 3. The van der Waals surface area contributed by atoms with Crippen LogP contribution in [-0.4, -0.2) is 89.9 Å². The third-order valence-electron chi connectivity index (χ3n) is 11.4. The number of hydrogen-bond donors (Lipinski definition) is 4. The SMILES string of the molecule is COC(=O)N[C@H](C(=O)N1CCC[C@H]1c1nc2cc(-c3ccc(-c4ccc5[nH]c([C@@H]6CCCN6C(=O)[C@@H](Nc6ncccn6)C(C)C)nc5c4)cc3)ccc2[nH]1)C(C)C. The molecule has 3 aromatic heterocycles. The van der Waals surface area contributed by atoms with Crippen LogP contribution in [0.3, 0.4) is 0 Å². The van der Waals surface area contributed by atoms with Crippen molar-refractivity contribution in [1.82, 2.24) is 45.0 Å². The number of nitrogens with zero attached hydrogens (tertiary/aromatic N) is 6. The molecule has 0 spiro atoms. The van der Waals surface area contributed by atoms with Crippen molar-refractivity contribution in [2.75, 3.05) is 25.5 Å². The number of ether oxygens (including phenoxy) is 1. The summed E-state index contributed by atoms with van der Waals surface area (Å²) < 4.78 is 4.78. The van der Waals surface area contributed by atoms with Crippen LogP contribution in [0.5, 0.6) is 0 Å². The van der Waals surface area contributed by atoms with Gasteiger partial charge >= 0.3 is 6.09 Å². The molecule has 0 aliphatic carbocycles. The summed E-state index contributed by atoms with van der Waals surface area (Å²) in [4.78, 5) is 68.8. The van der Waals surface area contributed by atoms with Gasteiger partial charge in [0.2, 0.25) is 17.8 Å². The fourth-order valence-electron chi connectivity index (χ4n) is 8.29. The smallest absolute Gasteiger partial charge is 0.407 e. The predicted octanol–water partition coefficient (Wildman–Crippen LogP) is 7.41. The van der Waals surface area contributed by atoms with E-state index in [1.54, 1.807) is 18.5 Å². The van der Waals surface area contributed by atoms with Gasteiger partial charge in [-0.2, -0.15) is 0 Å². The monoisotopic (exact) mass is 782 g/mol. The van der Waals surface area contributed by atoms with Gasteiger partial charge in [-0.15, -0.1) is 0 Å². The highest BCUT2D eigenvalue weighted by Gasteiger charge is 2.39. The number of fused-ring (bicyclic) bond motifs is 2. The number of carbonyl (C=O) groups excluding carboxylic acids is 3. The number of aromatic nitrogens is 6. The van der Waals surface area contributed by atoms with E-state index in [0.29, 0.717) is 19.0 Å². The van der Waals surface area contributed by atoms with Crippen LogP contribution >= 0.6 is 0 Å². The van der Waals surface area contributed by atoms with Crippen LogP contribution in [0.1, 0.15) is 77.1 Å². The molecular weight excluding hydrogens is 733 g/mol. The van der Waals surface area contributed by atoms with Gasteiger partial charge in [0, 0.05) is 25.5 Å². The number of likely N-dealkylation sites (tertiary alicyclic amines) is 2.